The molecule has 0 bridgehead atoms. The summed E-state index contributed by atoms with van der Waals surface area (Å²) in [4.78, 5) is 11.8. The fraction of sp³-hybridized carbons (Fsp3) is 0.562. The smallest absolute Gasteiger partial charge is 0.250 e. The molecule has 0 unspecified atom stereocenters. The fourth-order valence-electron chi connectivity index (χ4n) is 2.67. The molecule has 0 aliphatic heterocycles. The van der Waals surface area contributed by atoms with Crippen LogP contribution in [0.25, 0.3) is 0 Å². The van der Waals surface area contributed by atoms with Crippen molar-refractivity contribution in [2.75, 3.05) is 18.5 Å². The molecule has 4 heteroatoms. The van der Waals surface area contributed by atoms with Crippen molar-refractivity contribution >= 4 is 11.6 Å². The van der Waals surface area contributed by atoms with Gasteiger partial charge in [-0.25, -0.2) is 0 Å². The lowest BCUT2D eigenvalue weighted by Gasteiger charge is -2.32. The first kappa shape index (κ1) is 15.0. The van der Waals surface area contributed by atoms with Crippen LogP contribution in [0.1, 0.15) is 37.7 Å². The van der Waals surface area contributed by atoms with Gasteiger partial charge in [-0.3, -0.25) is 4.79 Å². The predicted octanol–water partition coefficient (Wildman–Crippen LogP) is 2.61. The van der Waals surface area contributed by atoms with Crippen molar-refractivity contribution in [1.29, 1.82) is 0 Å². The van der Waals surface area contributed by atoms with Gasteiger partial charge < -0.3 is 15.8 Å². The van der Waals surface area contributed by atoms with Crippen LogP contribution in [-0.2, 0) is 9.53 Å². The van der Waals surface area contributed by atoms with Crippen LogP contribution in [0.3, 0.4) is 0 Å². The Balaban J connectivity index is 1.72. The van der Waals surface area contributed by atoms with Gasteiger partial charge >= 0.3 is 0 Å². The summed E-state index contributed by atoms with van der Waals surface area (Å²) in [6, 6.07) is 7.72. The average molecular weight is 276 g/mol. The largest absolute Gasteiger partial charge is 0.370 e. The van der Waals surface area contributed by atoms with Gasteiger partial charge in [-0.2, -0.15) is 0 Å². The van der Waals surface area contributed by atoms with Gasteiger partial charge in [0.2, 0.25) is 5.91 Å². The van der Waals surface area contributed by atoms with Crippen LogP contribution in [0.2, 0.25) is 0 Å². The molecule has 110 valence electrons. The van der Waals surface area contributed by atoms with E-state index in [0.29, 0.717) is 6.61 Å². The number of nitrogens with one attached hydrogen (secondary N) is 1. The number of anilines is 1. The standard InChI is InChI=1S/C16H24N2O2/c1-13-6-5-7-14(10-13)18-15(19)11-20-12-16(17)8-3-2-4-9-16/h5-7,10H,2-4,8-9,11-12,17H2,1H3,(H,18,19). The van der Waals surface area contributed by atoms with E-state index in [-0.39, 0.29) is 18.1 Å². The number of hydrogen-bond donors (Lipinski definition) is 2. The minimum Gasteiger partial charge on any atom is -0.370 e. The Morgan fingerprint density at radius 2 is 2.10 bits per heavy atom. The monoisotopic (exact) mass is 276 g/mol. The third-order valence-electron chi connectivity index (χ3n) is 3.77. The summed E-state index contributed by atoms with van der Waals surface area (Å²) in [6.45, 7) is 2.52. The Labute approximate surface area is 120 Å². The highest BCUT2D eigenvalue weighted by atomic mass is 16.5. The Kier molecular flexibility index (Phi) is 5.15. The molecule has 1 aromatic rings. The van der Waals surface area contributed by atoms with Crippen molar-refractivity contribution in [3.63, 3.8) is 0 Å². The van der Waals surface area contributed by atoms with Gasteiger partial charge in [0.15, 0.2) is 0 Å². The molecule has 20 heavy (non-hydrogen) atoms. The maximum Gasteiger partial charge on any atom is 0.250 e. The second kappa shape index (κ2) is 6.86. The molecule has 0 aromatic heterocycles. The molecule has 0 saturated heterocycles. The van der Waals surface area contributed by atoms with Crippen molar-refractivity contribution in [3.05, 3.63) is 29.8 Å². The highest BCUT2D eigenvalue weighted by Crippen LogP contribution is 2.25. The van der Waals surface area contributed by atoms with Crippen molar-refractivity contribution in [1.82, 2.24) is 0 Å². The van der Waals surface area contributed by atoms with E-state index < -0.39 is 0 Å². The fourth-order valence-corrected chi connectivity index (χ4v) is 2.67. The van der Waals surface area contributed by atoms with Gasteiger partial charge in [0, 0.05) is 11.2 Å². The van der Waals surface area contributed by atoms with E-state index in [9.17, 15) is 4.79 Å². The lowest BCUT2D eigenvalue weighted by Crippen LogP contribution is -2.46. The quantitative estimate of drug-likeness (QED) is 0.869. The van der Waals surface area contributed by atoms with Gasteiger partial charge in [-0.05, 0) is 37.5 Å². The number of amides is 1. The van der Waals surface area contributed by atoms with E-state index in [4.69, 9.17) is 10.5 Å². The zero-order valence-corrected chi connectivity index (χ0v) is 12.2. The Morgan fingerprint density at radius 1 is 1.35 bits per heavy atom. The molecule has 1 amide bonds. The Morgan fingerprint density at radius 3 is 2.80 bits per heavy atom. The number of carbonyl (C=O) groups is 1. The van der Waals surface area contributed by atoms with Crippen molar-refractivity contribution in [3.8, 4) is 0 Å². The zero-order chi connectivity index (χ0) is 14.4. The molecular formula is C16H24N2O2. The van der Waals surface area contributed by atoms with Gasteiger partial charge in [0.1, 0.15) is 6.61 Å². The normalized spacial score (nSPS) is 17.7. The van der Waals surface area contributed by atoms with Crippen LogP contribution in [0.5, 0.6) is 0 Å². The van der Waals surface area contributed by atoms with Gasteiger partial charge in [0.25, 0.3) is 0 Å². The van der Waals surface area contributed by atoms with Crippen molar-refractivity contribution in [2.45, 2.75) is 44.6 Å². The Hall–Kier alpha value is -1.39. The number of hydrogen-bond acceptors (Lipinski definition) is 3. The number of benzene rings is 1. The summed E-state index contributed by atoms with van der Waals surface area (Å²) in [5.41, 5.74) is 7.95. The minimum absolute atomic E-state index is 0.0624. The molecule has 1 saturated carbocycles. The maximum atomic E-state index is 11.8. The Bertz CT molecular complexity index is 454. The highest BCUT2D eigenvalue weighted by molar-refractivity contribution is 5.91. The number of aryl methyl sites for hydroxylation is 1. The number of rotatable bonds is 5. The molecule has 1 aromatic carbocycles. The number of carbonyl (C=O) groups excluding carboxylic acids is 1. The summed E-state index contributed by atoms with van der Waals surface area (Å²) in [5.74, 6) is -0.130. The molecule has 0 atom stereocenters. The highest BCUT2D eigenvalue weighted by Gasteiger charge is 2.27. The van der Waals surface area contributed by atoms with Crippen LogP contribution in [-0.4, -0.2) is 24.7 Å². The lowest BCUT2D eigenvalue weighted by atomic mass is 9.83. The first-order valence-corrected chi connectivity index (χ1v) is 7.31. The second-order valence-corrected chi connectivity index (χ2v) is 5.83. The SMILES string of the molecule is Cc1cccc(NC(=O)COCC2(N)CCCCC2)c1. The van der Waals surface area contributed by atoms with E-state index in [2.05, 4.69) is 5.32 Å². The van der Waals surface area contributed by atoms with E-state index in [1.165, 1.54) is 6.42 Å². The molecule has 2 rings (SSSR count). The molecule has 1 fully saturated rings. The predicted molar refractivity (Wildman–Crippen MR) is 80.6 cm³/mol. The molecule has 0 heterocycles. The van der Waals surface area contributed by atoms with Crippen molar-refractivity contribution in [2.24, 2.45) is 5.73 Å². The number of ether oxygens (including phenoxy) is 1. The van der Waals surface area contributed by atoms with E-state index in [0.717, 1.165) is 36.9 Å². The molecule has 1 aliphatic carbocycles. The lowest BCUT2D eigenvalue weighted by molar-refractivity contribution is -0.121. The first-order valence-electron chi connectivity index (χ1n) is 7.31. The van der Waals surface area contributed by atoms with Crippen LogP contribution in [0.15, 0.2) is 24.3 Å². The molecule has 0 spiro atoms. The third kappa shape index (κ3) is 4.62. The van der Waals surface area contributed by atoms with E-state index in [1.807, 2.05) is 31.2 Å². The zero-order valence-electron chi connectivity index (χ0n) is 12.2. The maximum absolute atomic E-state index is 11.8. The van der Waals surface area contributed by atoms with Gasteiger partial charge in [-0.1, -0.05) is 31.4 Å². The first-order chi connectivity index (χ1) is 9.57. The van der Waals surface area contributed by atoms with Gasteiger partial charge in [0.05, 0.1) is 6.61 Å². The summed E-state index contributed by atoms with van der Waals surface area (Å²) in [6.07, 6.45) is 5.57. The summed E-state index contributed by atoms with van der Waals surface area (Å²) in [7, 11) is 0. The van der Waals surface area contributed by atoms with E-state index >= 15 is 0 Å². The number of nitrogens with two attached hydrogens (primary N) is 1. The van der Waals surface area contributed by atoms with E-state index in [1.54, 1.807) is 0 Å². The molecule has 1 aliphatic rings. The van der Waals surface area contributed by atoms with Crippen LogP contribution in [0, 0.1) is 6.92 Å². The van der Waals surface area contributed by atoms with Crippen LogP contribution < -0.4 is 11.1 Å². The summed E-state index contributed by atoms with van der Waals surface area (Å²) in [5, 5.41) is 2.83. The van der Waals surface area contributed by atoms with Crippen LogP contribution >= 0.6 is 0 Å². The van der Waals surface area contributed by atoms with Gasteiger partial charge in [-0.15, -0.1) is 0 Å². The third-order valence-corrected chi connectivity index (χ3v) is 3.77. The molecular weight excluding hydrogens is 252 g/mol. The summed E-state index contributed by atoms with van der Waals surface area (Å²) >= 11 is 0. The minimum atomic E-state index is -0.234. The average Bonchev–Trinajstić information content (AvgIpc) is 2.39. The van der Waals surface area contributed by atoms with Crippen molar-refractivity contribution < 1.29 is 9.53 Å². The second-order valence-electron chi connectivity index (χ2n) is 5.83. The topological polar surface area (TPSA) is 64.3 Å². The molecule has 0 radical (unpaired) electrons. The molecule has 4 nitrogen and oxygen atoms in total. The summed E-state index contributed by atoms with van der Waals surface area (Å²) < 4.78 is 5.50. The van der Waals surface area contributed by atoms with Crippen LogP contribution in [0.4, 0.5) is 5.69 Å². The molecule has 3 N–H and O–H groups in total.